The molecule has 0 aliphatic carbocycles. The third kappa shape index (κ3) is 5.06. The van der Waals surface area contributed by atoms with Crippen molar-refractivity contribution < 1.29 is 24.3 Å². The lowest BCUT2D eigenvalue weighted by molar-refractivity contribution is -0.910. The van der Waals surface area contributed by atoms with Gasteiger partial charge in [0, 0.05) is 5.56 Å². The highest BCUT2D eigenvalue weighted by molar-refractivity contribution is 5.99. The lowest BCUT2D eigenvalue weighted by Crippen LogP contribution is -3.10. The normalized spacial score (nSPS) is 16.0. The minimum Gasteiger partial charge on any atom is -0.507 e. The summed E-state index contributed by atoms with van der Waals surface area (Å²) in [5.41, 5.74) is 4.91. The highest BCUT2D eigenvalue weighted by Gasteiger charge is 2.27. The van der Waals surface area contributed by atoms with Gasteiger partial charge in [-0.25, -0.2) is 5.43 Å². The number of hydrogen-bond acceptors (Lipinski definition) is 5. The van der Waals surface area contributed by atoms with Crippen molar-refractivity contribution in [2.75, 3.05) is 19.7 Å². The number of hydrazone groups is 1. The van der Waals surface area contributed by atoms with Gasteiger partial charge < -0.3 is 19.5 Å². The van der Waals surface area contributed by atoms with Gasteiger partial charge in [0.15, 0.2) is 11.5 Å². The third-order valence-corrected chi connectivity index (χ3v) is 5.07. The first-order valence-corrected chi connectivity index (χ1v) is 9.90. The summed E-state index contributed by atoms with van der Waals surface area (Å²) in [7, 11) is 0. The van der Waals surface area contributed by atoms with Crippen LogP contribution in [0.2, 0.25) is 0 Å². The van der Waals surface area contributed by atoms with E-state index in [1.165, 1.54) is 4.90 Å². The van der Waals surface area contributed by atoms with Gasteiger partial charge in [0.1, 0.15) is 18.9 Å². The maximum Gasteiger partial charge on any atom is 0.284 e. The van der Waals surface area contributed by atoms with Gasteiger partial charge in [-0.15, -0.1) is 0 Å². The summed E-state index contributed by atoms with van der Waals surface area (Å²) in [6, 6.07) is 12.6. The molecule has 7 nitrogen and oxygen atoms in total. The predicted molar refractivity (Wildman–Crippen MR) is 111 cm³/mol. The van der Waals surface area contributed by atoms with Crippen LogP contribution in [0.1, 0.15) is 31.9 Å². The molecule has 0 radical (unpaired) electrons. The summed E-state index contributed by atoms with van der Waals surface area (Å²) in [5.74, 6) is 1.08. The molecule has 1 atom stereocenters. The molecule has 1 heterocycles. The van der Waals surface area contributed by atoms with Crippen molar-refractivity contribution in [3.63, 3.8) is 0 Å². The maximum atomic E-state index is 12.4. The highest BCUT2D eigenvalue weighted by Crippen LogP contribution is 2.30. The Labute approximate surface area is 170 Å². The monoisotopic (exact) mass is 398 g/mol. The lowest BCUT2D eigenvalue weighted by atomic mass is 10.1. The number of phenols is 1. The standard InChI is InChI=1S/C22H27N3O4/c1-4-25(5-2)13-17-12-16(10-11-18(17)26)15(3)23-24-22(27)21-14-28-19-8-6-7-9-20(19)29-21/h6-12,21,26H,4-5,13-14H2,1-3H3,(H,24,27)/p+1/b23-15+/t21-/m0/s1. The fraction of sp³-hybridized carbons (Fsp3) is 0.364. The van der Waals surface area contributed by atoms with Crippen molar-refractivity contribution in [1.29, 1.82) is 0 Å². The SMILES string of the molecule is CC[NH+](CC)Cc1cc(/C(C)=N/NC(=O)[C@@H]2COc3ccccc3O2)ccc1O. The summed E-state index contributed by atoms with van der Waals surface area (Å²) in [6.45, 7) is 8.89. The van der Waals surface area contributed by atoms with Crippen LogP contribution in [-0.2, 0) is 11.3 Å². The summed E-state index contributed by atoms with van der Waals surface area (Å²) in [6.07, 6.45) is -0.761. The molecule has 0 aromatic heterocycles. The van der Waals surface area contributed by atoms with Crippen molar-refractivity contribution >= 4 is 11.6 Å². The quantitative estimate of drug-likeness (QED) is 0.487. The molecule has 0 saturated carbocycles. The number of nitrogens with one attached hydrogen (secondary N) is 2. The van der Waals surface area contributed by atoms with Crippen molar-refractivity contribution in [2.24, 2.45) is 5.10 Å². The van der Waals surface area contributed by atoms with Gasteiger partial charge in [-0.3, -0.25) is 4.79 Å². The van der Waals surface area contributed by atoms with Gasteiger partial charge in [0.05, 0.1) is 18.8 Å². The molecule has 0 saturated heterocycles. The number of quaternary nitrogens is 1. The van der Waals surface area contributed by atoms with E-state index in [1.54, 1.807) is 24.3 Å². The van der Waals surface area contributed by atoms with Crippen molar-refractivity contribution in [3.8, 4) is 17.2 Å². The second-order valence-electron chi connectivity index (χ2n) is 7.01. The summed E-state index contributed by atoms with van der Waals surface area (Å²) in [4.78, 5) is 13.8. The van der Waals surface area contributed by atoms with Crippen LogP contribution in [0.3, 0.4) is 0 Å². The fourth-order valence-corrected chi connectivity index (χ4v) is 3.15. The molecule has 0 unspecified atom stereocenters. The number of aromatic hydroxyl groups is 1. The fourth-order valence-electron chi connectivity index (χ4n) is 3.15. The van der Waals surface area contributed by atoms with E-state index in [2.05, 4.69) is 24.4 Å². The lowest BCUT2D eigenvalue weighted by Gasteiger charge is -2.24. The average molecular weight is 398 g/mol. The van der Waals surface area contributed by atoms with Crippen LogP contribution in [0.5, 0.6) is 17.2 Å². The molecule has 2 aromatic rings. The van der Waals surface area contributed by atoms with Crippen LogP contribution < -0.4 is 19.8 Å². The molecule has 154 valence electrons. The van der Waals surface area contributed by atoms with Crippen LogP contribution in [0.25, 0.3) is 0 Å². The number of nitrogens with zero attached hydrogens (tertiary/aromatic N) is 1. The van der Waals surface area contributed by atoms with Gasteiger partial charge in [-0.1, -0.05) is 12.1 Å². The number of phenolic OH excluding ortho intramolecular Hbond substituents is 1. The first-order chi connectivity index (χ1) is 14.0. The molecule has 2 aromatic carbocycles. The van der Waals surface area contributed by atoms with Crippen LogP contribution in [0.4, 0.5) is 0 Å². The second kappa shape index (κ2) is 9.43. The van der Waals surface area contributed by atoms with E-state index in [9.17, 15) is 9.90 Å². The summed E-state index contributed by atoms with van der Waals surface area (Å²) < 4.78 is 11.3. The van der Waals surface area contributed by atoms with Crippen molar-refractivity contribution in [2.45, 2.75) is 33.4 Å². The number of hydrogen-bond donors (Lipinski definition) is 3. The Bertz CT molecular complexity index is 893. The number of carbonyl (C=O) groups excluding carboxylic acids is 1. The van der Waals surface area contributed by atoms with E-state index < -0.39 is 6.10 Å². The number of rotatable bonds is 7. The molecule has 1 aliphatic rings. The van der Waals surface area contributed by atoms with Crippen molar-refractivity contribution in [1.82, 2.24) is 5.43 Å². The Hall–Kier alpha value is -3.06. The van der Waals surface area contributed by atoms with Crippen LogP contribution in [-0.4, -0.2) is 42.5 Å². The van der Waals surface area contributed by atoms with E-state index in [0.717, 1.165) is 30.8 Å². The molecule has 7 heteroatoms. The number of fused-ring (bicyclic) bond motifs is 1. The molecule has 0 spiro atoms. The van der Waals surface area contributed by atoms with Crippen LogP contribution >= 0.6 is 0 Å². The molecular weight excluding hydrogens is 370 g/mol. The largest absolute Gasteiger partial charge is 0.507 e. The van der Waals surface area contributed by atoms with Crippen LogP contribution in [0, 0.1) is 0 Å². The Morgan fingerprint density at radius 1 is 1.21 bits per heavy atom. The van der Waals surface area contributed by atoms with Gasteiger partial charge in [0.2, 0.25) is 6.10 Å². The minimum atomic E-state index is -0.761. The van der Waals surface area contributed by atoms with E-state index in [-0.39, 0.29) is 18.3 Å². The predicted octanol–water partition coefficient (Wildman–Crippen LogP) is 1.50. The van der Waals surface area contributed by atoms with E-state index in [1.807, 2.05) is 25.1 Å². The van der Waals surface area contributed by atoms with E-state index >= 15 is 0 Å². The molecule has 1 aliphatic heterocycles. The Morgan fingerprint density at radius 2 is 1.93 bits per heavy atom. The summed E-state index contributed by atoms with van der Waals surface area (Å²) in [5, 5.41) is 14.4. The summed E-state index contributed by atoms with van der Waals surface area (Å²) >= 11 is 0. The number of ether oxygens (including phenoxy) is 2. The van der Waals surface area contributed by atoms with Gasteiger partial charge in [-0.2, -0.15) is 5.10 Å². The molecule has 1 amide bonds. The van der Waals surface area contributed by atoms with Gasteiger partial charge in [0.25, 0.3) is 5.91 Å². The molecule has 0 fully saturated rings. The zero-order chi connectivity index (χ0) is 20.8. The van der Waals surface area contributed by atoms with E-state index in [0.29, 0.717) is 17.2 Å². The molecule has 3 N–H and O–H groups in total. The Kier molecular flexibility index (Phi) is 6.72. The first-order valence-electron chi connectivity index (χ1n) is 9.90. The second-order valence-corrected chi connectivity index (χ2v) is 7.01. The first kappa shape index (κ1) is 20.7. The topological polar surface area (TPSA) is 84.6 Å². The van der Waals surface area contributed by atoms with Crippen LogP contribution in [0.15, 0.2) is 47.6 Å². The number of para-hydroxylation sites is 2. The third-order valence-electron chi connectivity index (χ3n) is 5.07. The Balaban J connectivity index is 1.66. The molecular formula is C22H28N3O4+. The van der Waals surface area contributed by atoms with Crippen molar-refractivity contribution in [3.05, 3.63) is 53.6 Å². The average Bonchev–Trinajstić information content (AvgIpc) is 2.76. The number of benzene rings is 2. The van der Waals surface area contributed by atoms with E-state index in [4.69, 9.17) is 9.47 Å². The maximum absolute atomic E-state index is 12.4. The zero-order valence-electron chi connectivity index (χ0n) is 17.1. The zero-order valence-corrected chi connectivity index (χ0v) is 17.1. The molecule has 3 rings (SSSR count). The van der Waals surface area contributed by atoms with Gasteiger partial charge >= 0.3 is 0 Å². The van der Waals surface area contributed by atoms with Gasteiger partial charge in [-0.05, 0) is 56.7 Å². The number of amides is 1. The smallest absolute Gasteiger partial charge is 0.284 e. The minimum absolute atomic E-state index is 0.132. The highest BCUT2D eigenvalue weighted by atomic mass is 16.6. The molecule has 29 heavy (non-hydrogen) atoms. The Morgan fingerprint density at radius 3 is 2.66 bits per heavy atom. The number of carbonyl (C=O) groups is 1. The molecule has 0 bridgehead atoms.